The van der Waals surface area contributed by atoms with E-state index in [1.54, 1.807) is 6.33 Å². The monoisotopic (exact) mass is 284 g/mol. The Morgan fingerprint density at radius 1 is 1.42 bits per heavy atom. The van der Waals surface area contributed by atoms with Crippen LogP contribution in [0.15, 0.2) is 12.5 Å². The van der Waals surface area contributed by atoms with Gasteiger partial charge < -0.3 is 4.90 Å². The number of aryl methyl sites for hydroxylation is 1. The lowest BCUT2D eigenvalue weighted by molar-refractivity contribution is 0.381. The molecule has 1 fully saturated rings. The second kappa shape index (κ2) is 6.81. The Morgan fingerprint density at radius 3 is 2.79 bits per heavy atom. The van der Waals surface area contributed by atoms with Crippen molar-refractivity contribution in [2.75, 3.05) is 24.5 Å². The van der Waals surface area contributed by atoms with Gasteiger partial charge in [0.1, 0.15) is 12.1 Å². The average Bonchev–Trinajstić information content (AvgIpc) is 2.40. The van der Waals surface area contributed by atoms with Gasteiger partial charge in [0, 0.05) is 31.4 Å². The van der Waals surface area contributed by atoms with Crippen molar-refractivity contribution in [3.63, 3.8) is 0 Å². The summed E-state index contributed by atoms with van der Waals surface area (Å²) < 4.78 is 23.3. The first-order chi connectivity index (χ1) is 9.16. The van der Waals surface area contributed by atoms with Crippen LogP contribution >= 0.6 is 0 Å². The Kier molecular flexibility index (Phi) is 5.09. The molecule has 0 unspecified atom stereocenters. The number of anilines is 1. The largest absolute Gasteiger partial charge is 0.356 e. The maximum absolute atomic E-state index is 10.4. The maximum atomic E-state index is 10.4. The lowest BCUT2D eigenvalue weighted by atomic mass is 9.93. The zero-order valence-electron chi connectivity index (χ0n) is 11.1. The van der Waals surface area contributed by atoms with Crippen LogP contribution in [0.3, 0.4) is 0 Å². The predicted octanol–water partition coefficient (Wildman–Crippen LogP) is 0.508. The SMILES string of the molecule is Cc1cncnc1N1CCC(CCN[SH](=O)=O)CC1. The van der Waals surface area contributed by atoms with E-state index in [9.17, 15) is 8.42 Å². The molecule has 0 bridgehead atoms. The van der Waals surface area contributed by atoms with E-state index in [-0.39, 0.29) is 0 Å². The molecule has 1 aliphatic rings. The fourth-order valence-electron chi connectivity index (χ4n) is 2.52. The van der Waals surface area contributed by atoms with Crippen molar-refractivity contribution in [1.82, 2.24) is 14.7 Å². The van der Waals surface area contributed by atoms with Gasteiger partial charge in [-0.1, -0.05) is 0 Å². The number of hydrogen-bond acceptors (Lipinski definition) is 5. The molecule has 19 heavy (non-hydrogen) atoms. The van der Waals surface area contributed by atoms with Crippen LogP contribution in [0.4, 0.5) is 5.82 Å². The molecule has 7 heteroatoms. The van der Waals surface area contributed by atoms with Gasteiger partial charge in [-0.05, 0) is 32.1 Å². The minimum atomic E-state index is -2.45. The summed E-state index contributed by atoms with van der Waals surface area (Å²) in [5.74, 6) is 1.62. The van der Waals surface area contributed by atoms with Crippen molar-refractivity contribution in [3.8, 4) is 0 Å². The fraction of sp³-hybridized carbons (Fsp3) is 0.667. The molecule has 1 aliphatic heterocycles. The number of rotatable bonds is 5. The first-order valence-corrected chi connectivity index (χ1v) is 7.74. The van der Waals surface area contributed by atoms with Crippen LogP contribution in [-0.2, 0) is 10.9 Å². The summed E-state index contributed by atoms with van der Waals surface area (Å²) in [6.07, 6.45) is 6.51. The van der Waals surface area contributed by atoms with Gasteiger partial charge in [-0.3, -0.25) is 0 Å². The summed E-state index contributed by atoms with van der Waals surface area (Å²) in [5.41, 5.74) is 1.10. The summed E-state index contributed by atoms with van der Waals surface area (Å²) in [7, 11) is -2.45. The molecule has 0 amide bonds. The van der Waals surface area contributed by atoms with Gasteiger partial charge in [0.2, 0.25) is 10.9 Å². The lowest BCUT2D eigenvalue weighted by Crippen LogP contribution is -2.35. The van der Waals surface area contributed by atoms with E-state index in [2.05, 4.69) is 19.6 Å². The second-order valence-electron chi connectivity index (χ2n) is 4.91. The quantitative estimate of drug-likeness (QED) is 0.771. The summed E-state index contributed by atoms with van der Waals surface area (Å²) >= 11 is 0. The highest BCUT2D eigenvalue weighted by atomic mass is 32.2. The van der Waals surface area contributed by atoms with Gasteiger partial charge in [0.25, 0.3) is 0 Å². The molecule has 6 nitrogen and oxygen atoms in total. The number of thiol groups is 1. The number of nitrogens with zero attached hydrogens (tertiary/aromatic N) is 3. The summed E-state index contributed by atoms with van der Waals surface area (Å²) in [5, 5.41) is 0. The van der Waals surface area contributed by atoms with Gasteiger partial charge in [0.05, 0.1) is 0 Å². The van der Waals surface area contributed by atoms with E-state index in [1.807, 2.05) is 13.1 Å². The van der Waals surface area contributed by atoms with Gasteiger partial charge >= 0.3 is 0 Å². The molecule has 0 saturated carbocycles. The van der Waals surface area contributed by atoms with E-state index in [1.165, 1.54) is 0 Å². The number of hydrogen-bond donors (Lipinski definition) is 2. The van der Waals surface area contributed by atoms with Gasteiger partial charge in [-0.15, -0.1) is 0 Å². The van der Waals surface area contributed by atoms with Crippen LogP contribution in [0, 0.1) is 12.8 Å². The first-order valence-electron chi connectivity index (χ1n) is 6.56. The van der Waals surface area contributed by atoms with E-state index < -0.39 is 10.9 Å². The van der Waals surface area contributed by atoms with Crippen LogP contribution < -0.4 is 9.62 Å². The topological polar surface area (TPSA) is 75.2 Å². The zero-order chi connectivity index (χ0) is 13.7. The highest BCUT2D eigenvalue weighted by Crippen LogP contribution is 2.25. The lowest BCUT2D eigenvalue weighted by Gasteiger charge is -2.33. The Balaban J connectivity index is 1.81. The van der Waals surface area contributed by atoms with Crippen molar-refractivity contribution in [1.29, 1.82) is 0 Å². The smallest absolute Gasteiger partial charge is 0.201 e. The summed E-state index contributed by atoms with van der Waals surface area (Å²) in [6, 6.07) is 0. The molecule has 1 aromatic heterocycles. The summed E-state index contributed by atoms with van der Waals surface area (Å²) in [6.45, 7) is 4.53. The molecule has 106 valence electrons. The van der Waals surface area contributed by atoms with E-state index in [0.29, 0.717) is 12.5 Å². The first kappa shape index (κ1) is 14.2. The van der Waals surface area contributed by atoms with E-state index in [0.717, 1.165) is 43.7 Å². The zero-order valence-corrected chi connectivity index (χ0v) is 12.0. The molecule has 2 heterocycles. The molecule has 1 aromatic rings. The van der Waals surface area contributed by atoms with Crippen molar-refractivity contribution in [3.05, 3.63) is 18.1 Å². The van der Waals surface area contributed by atoms with Crippen molar-refractivity contribution in [2.24, 2.45) is 5.92 Å². The van der Waals surface area contributed by atoms with Crippen molar-refractivity contribution < 1.29 is 8.42 Å². The van der Waals surface area contributed by atoms with Crippen LogP contribution in [0.1, 0.15) is 24.8 Å². The minimum Gasteiger partial charge on any atom is -0.356 e. The molecule has 0 spiro atoms. The Bertz CT molecular complexity index is 476. The number of piperidine rings is 1. The number of aromatic nitrogens is 2. The van der Waals surface area contributed by atoms with Gasteiger partial charge in [-0.25, -0.2) is 23.1 Å². The average molecular weight is 284 g/mol. The van der Waals surface area contributed by atoms with Crippen LogP contribution in [0.5, 0.6) is 0 Å². The third-order valence-corrected chi connectivity index (χ3v) is 4.06. The molecular weight excluding hydrogens is 264 g/mol. The highest BCUT2D eigenvalue weighted by molar-refractivity contribution is 7.70. The van der Waals surface area contributed by atoms with E-state index in [4.69, 9.17) is 0 Å². The molecule has 0 radical (unpaired) electrons. The standard InChI is InChI=1S/C12H20N4O2S/c1-10-8-13-9-14-12(10)16-6-3-11(4-7-16)2-5-15-19(17)18/h8-9,11,19H,2-7H2,1H3,(H,15,17,18). The number of nitrogens with one attached hydrogen (secondary N) is 1. The van der Waals surface area contributed by atoms with Crippen LogP contribution in [0.2, 0.25) is 0 Å². The third-order valence-electron chi connectivity index (χ3n) is 3.58. The Labute approximate surface area is 115 Å². The molecule has 0 aromatic carbocycles. The normalized spacial score (nSPS) is 17.1. The van der Waals surface area contributed by atoms with Crippen molar-refractivity contribution in [2.45, 2.75) is 26.2 Å². The molecule has 1 saturated heterocycles. The molecule has 0 aliphatic carbocycles. The maximum Gasteiger partial charge on any atom is 0.201 e. The molecule has 1 N–H and O–H groups in total. The molecular formula is C12H20N4O2S. The molecule has 0 atom stereocenters. The minimum absolute atomic E-state index is 0.551. The molecule has 2 rings (SSSR count). The van der Waals surface area contributed by atoms with E-state index >= 15 is 0 Å². The van der Waals surface area contributed by atoms with Crippen molar-refractivity contribution >= 4 is 16.7 Å². The summed E-state index contributed by atoms with van der Waals surface area (Å²) in [4.78, 5) is 10.6. The van der Waals surface area contributed by atoms with Gasteiger partial charge in [-0.2, -0.15) is 0 Å². The Hall–Kier alpha value is -1.21. The van der Waals surface area contributed by atoms with Gasteiger partial charge in [0.15, 0.2) is 0 Å². The fourth-order valence-corrected chi connectivity index (χ4v) is 2.83. The second-order valence-corrected chi connectivity index (χ2v) is 5.74. The highest BCUT2D eigenvalue weighted by Gasteiger charge is 2.20. The predicted molar refractivity (Wildman–Crippen MR) is 74.6 cm³/mol. The third kappa shape index (κ3) is 4.14. The Morgan fingerprint density at radius 2 is 2.16 bits per heavy atom. The van der Waals surface area contributed by atoms with Crippen LogP contribution in [0.25, 0.3) is 0 Å². The van der Waals surface area contributed by atoms with Crippen LogP contribution in [-0.4, -0.2) is 38.0 Å².